The molecule has 0 aliphatic rings. The number of benzene rings is 1. The van der Waals surface area contributed by atoms with E-state index in [1.807, 2.05) is 18.2 Å². The van der Waals surface area contributed by atoms with Gasteiger partial charge in [0.1, 0.15) is 0 Å². The van der Waals surface area contributed by atoms with Crippen LogP contribution in [-0.4, -0.2) is 22.9 Å². The fourth-order valence-corrected chi connectivity index (χ4v) is 2.00. The maximum absolute atomic E-state index is 5.63. The molecule has 0 saturated heterocycles. The van der Waals surface area contributed by atoms with Crippen molar-refractivity contribution in [3.8, 4) is 0 Å². The van der Waals surface area contributed by atoms with Crippen molar-refractivity contribution in [2.75, 3.05) is 5.73 Å². The molecule has 1 aromatic heterocycles. The van der Waals surface area contributed by atoms with Gasteiger partial charge >= 0.3 is 63.6 Å². The number of nitrogens with zero attached hydrogens (tertiary/aromatic N) is 2. The SMILES string of the molecule is Nc1cccc2n[se]nc12. The van der Waals surface area contributed by atoms with E-state index in [1.54, 1.807) is 0 Å². The average Bonchev–Trinajstić information content (AvgIpc) is 2.36. The molecule has 1 heterocycles. The first kappa shape index (κ1) is 5.89. The predicted molar refractivity (Wildman–Crippen MR) is 40.9 cm³/mol. The van der Waals surface area contributed by atoms with Crippen molar-refractivity contribution >= 4 is 31.7 Å². The van der Waals surface area contributed by atoms with E-state index in [0.717, 1.165) is 16.7 Å². The molecule has 2 aromatic rings. The average molecular weight is 198 g/mol. The zero-order valence-corrected chi connectivity index (χ0v) is 6.83. The topological polar surface area (TPSA) is 51.8 Å². The van der Waals surface area contributed by atoms with E-state index in [1.165, 1.54) is 0 Å². The summed E-state index contributed by atoms with van der Waals surface area (Å²) < 4.78 is 8.35. The molecular formula is C6H5N3Se. The van der Waals surface area contributed by atoms with Gasteiger partial charge in [-0.1, -0.05) is 0 Å². The molecule has 2 N–H and O–H groups in total. The Morgan fingerprint density at radius 3 is 3.00 bits per heavy atom. The van der Waals surface area contributed by atoms with Gasteiger partial charge in [0.15, 0.2) is 0 Å². The molecule has 0 aliphatic heterocycles. The third-order valence-corrected chi connectivity index (χ3v) is 2.46. The molecule has 1 aromatic carbocycles. The molecule has 0 fully saturated rings. The fourth-order valence-electron chi connectivity index (χ4n) is 0.827. The van der Waals surface area contributed by atoms with Gasteiger partial charge in [0.05, 0.1) is 0 Å². The Hall–Kier alpha value is -0.861. The molecule has 2 rings (SSSR count). The zero-order chi connectivity index (χ0) is 6.97. The van der Waals surface area contributed by atoms with E-state index >= 15 is 0 Å². The number of rotatable bonds is 0. The van der Waals surface area contributed by atoms with Gasteiger partial charge in [0.2, 0.25) is 0 Å². The second kappa shape index (κ2) is 2.08. The van der Waals surface area contributed by atoms with Crippen molar-refractivity contribution in [1.82, 2.24) is 7.96 Å². The molecule has 0 bridgehead atoms. The van der Waals surface area contributed by atoms with Crippen LogP contribution in [0.1, 0.15) is 0 Å². The monoisotopic (exact) mass is 199 g/mol. The summed E-state index contributed by atoms with van der Waals surface area (Å²) in [6, 6.07) is 5.68. The summed E-state index contributed by atoms with van der Waals surface area (Å²) in [4.78, 5) is 0. The number of nitrogen functional groups attached to an aromatic ring is 1. The van der Waals surface area contributed by atoms with Crippen LogP contribution in [0.4, 0.5) is 5.69 Å². The van der Waals surface area contributed by atoms with Crippen molar-refractivity contribution < 1.29 is 0 Å². The van der Waals surface area contributed by atoms with E-state index in [4.69, 9.17) is 5.73 Å². The van der Waals surface area contributed by atoms with Gasteiger partial charge in [-0.05, 0) is 0 Å². The minimum absolute atomic E-state index is 0.0395. The van der Waals surface area contributed by atoms with E-state index in [9.17, 15) is 0 Å². The van der Waals surface area contributed by atoms with E-state index in [2.05, 4.69) is 7.96 Å². The Morgan fingerprint density at radius 1 is 1.30 bits per heavy atom. The summed E-state index contributed by atoms with van der Waals surface area (Å²) in [7, 11) is 0. The van der Waals surface area contributed by atoms with Gasteiger partial charge in [0, 0.05) is 0 Å². The standard InChI is InChI=1S/C6H5N3Se/c7-4-2-1-3-5-6(4)9-10-8-5/h1-3H,7H2. The van der Waals surface area contributed by atoms with Crippen molar-refractivity contribution in [1.29, 1.82) is 0 Å². The van der Waals surface area contributed by atoms with Gasteiger partial charge in [-0.15, -0.1) is 0 Å². The van der Waals surface area contributed by atoms with Gasteiger partial charge in [0.25, 0.3) is 0 Å². The molecule has 50 valence electrons. The van der Waals surface area contributed by atoms with Crippen molar-refractivity contribution in [3.63, 3.8) is 0 Å². The molecular weight excluding hydrogens is 193 g/mol. The Balaban J connectivity index is 2.95. The molecule has 3 nitrogen and oxygen atoms in total. The van der Waals surface area contributed by atoms with Crippen LogP contribution in [0.25, 0.3) is 11.0 Å². The first-order valence-corrected chi connectivity index (χ1v) is 4.38. The molecule has 0 atom stereocenters. The summed E-state index contributed by atoms with van der Waals surface area (Å²) in [5.41, 5.74) is 8.19. The van der Waals surface area contributed by atoms with Crippen LogP contribution in [-0.2, 0) is 0 Å². The maximum atomic E-state index is 5.63. The summed E-state index contributed by atoms with van der Waals surface area (Å²) in [5.74, 6) is 0. The van der Waals surface area contributed by atoms with Gasteiger partial charge < -0.3 is 0 Å². The van der Waals surface area contributed by atoms with Crippen LogP contribution in [0.15, 0.2) is 18.2 Å². The number of nitrogens with two attached hydrogens (primary N) is 1. The minimum atomic E-state index is 0.0395. The van der Waals surface area contributed by atoms with E-state index in [0.29, 0.717) is 0 Å². The van der Waals surface area contributed by atoms with Crippen LogP contribution in [0.5, 0.6) is 0 Å². The quantitative estimate of drug-likeness (QED) is 0.488. The van der Waals surface area contributed by atoms with E-state index < -0.39 is 0 Å². The third kappa shape index (κ3) is 0.735. The molecule has 0 radical (unpaired) electrons. The summed E-state index contributed by atoms with van der Waals surface area (Å²) in [5, 5.41) is 0. The number of anilines is 1. The van der Waals surface area contributed by atoms with Crippen molar-refractivity contribution in [2.45, 2.75) is 0 Å². The first-order valence-electron chi connectivity index (χ1n) is 2.85. The molecule has 10 heavy (non-hydrogen) atoms. The first-order chi connectivity index (χ1) is 4.88. The second-order valence-electron chi connectivity index (χ2n) is 1.98. The predicted octanol–water partition coefficient (Wildman–Crippen LogP) is 0.269. The van der Waals surface area contributed by atoms with Crippen LogP contribution >= 0.6 is 0 Å². The van der Waals surface area contributed by atoms with Crippen molar-refractivity contribution in [2.24, 2.45) is 0 Å². The van der Waals surface area contributed by atoms with Crippen molar-refractivity contribution in [3.05, 3.63) is 18.2 Å². The molecule has 0 aliphatic carbocycles. The third-order valence-electron chi connectivity index (χ3n) is 1.32. The number of hydrogen-bond acceptors (Lipinski definition) is 3. The van der Waals surface area contributed by atoms with Gasteiger partial charge in [-0.25, -0.2) is 0 Å². The Kier molecular flexibility index (Phi) is 1.22. The molecule has 0 amide bonds. The van der Waals surface area contributed by atoms with E-state index in [-0.39, 0.29) is 15.0 Å². The van der Waals surface area contributed by atoms with Gasteiger partial charge in [-0.2, -0.15) is 0 Å². The summed E-state index contributed by atoms with van der Waals surface area (Å²) in [6.45, 7) is 0. The Morgan fingerprint density at radius 2 is 2.20 bits per heavy atom. The Bertz CT molecular complexity index is 355. The van der Waals surface area contributed by atoms with Gasteiger partial charge in [-0.3, -0.25) is 0 Å². The Labute approximate surface area is 64.1 Å². The van der Waals surface area contributed by atoms with Crippen LogP contribution in [0.3, 0.4) is 0 Å². The normalized spacial score (nSPS) is 10.4. The van der Waals surface area contributed by atoms with Crippen LogP contribution < -0.4 is 5.73 Å². The summed E-state index contributed by atoms with van der Waals surface area (Å²) >= 11 is 0.0395. The zero-order valence-electron chi connectivity index (χ0n) is 5.11. The molecule has 0 unspecified atom stereocenters. The number of aromatic nitrogens is 2. The van der Waals surface area contributed by atoms with Crippen LogP contribution in [0.2, 0.25) is 0 Å². The second-order valence-corrected chi connectivity index (χ2v) is 3.09. The fraction of sp³-hybridized carbons (Fsp3) is 0. The number of hydrogen-bond donors (Lipinski definition) is 1. The number of fused-ring (bicyclic) bond motifs is 1. The molecule has 0 spiro atoms. The molecule has 0 saturated carbocycles. The van der Waals surface area contributed by atoms with Crippen LogP contribution in [0, 0.1) is 0 Å². The molecule has 4 heteroatoms. The summed E-state index contributed by atoms with van der Waals surface area (Å²) in [6.07, 6.45) is 0.